The molecule has 0 unspecified atom stereocenters. The summed E-state index contributed by atoms with van der Waals surface area (Å²) < 4.78 is 10.2. The van der Waals surface area contributed by atoms with Gasteiger partial charge in [0.1, 0.15) is 17.2 Å². The number of ether oxygens (including phenoxy) is 2. The Morgan fingerprint density at radius 2 is 1.79 bits per heavy atom. The first-order valence-corrected chi connectivity index (χ1v) is 8.15. The van der Waals surface area contributed by atoms with Crippen LogP contribution < -0.4 is 25.4 Å². The van der Waals surface area contributed by atoms with Crippen molar-refractivity contribution in [1.29, 1.82) is 0 Å². The summed E-state index contributed by atoms with van der Waals surface area (Å²) in [5.74, 6) is 0.0422. The summed E-state index contributed by atoms with van der Waals surface area (Å²) >= 11 is 0. The van der Waals surface area contributed by atoms with Gasteiger partial charge in [-0.1, -0.05) is 0 Å². The largest absolute Gasteiger partial charge is 0.496 e. The number of methoxy groups -OCH3 is 2. The minimum atomic E-state index is -0.606. The molecule has 2 aromatic carbocycles. The Morgan fingerprint density at radius 3 is 2.39 bits per heavy atom. The van der Waals surface area contributed by atoms with Crippen molar-refractivity contribution in [2.45, 2.75) is 6.92 Å². The second-order valence-electron chi connectivity index (χ2n) is 5.64. The third kappa shape index (κ3) is 5.34. The highest BCUT2D eigenvalue weighted by molar-refractivity contribution is 5.96. The Bertz CT molecular complexity index is 900. The van der Waals surface area contributed by atoms with Gasteiger partial charge in [0, 0.05) is 12.6 Å². The first-order valence-electron chi connectivity index (χ1n) is 8.15. The molecule has 0 aliphatic rings. The number of nitro benzene ring substituents is 1. The molecule has 28 heavy (non-hydrogen) atoms. The van der Waals surface area contributed by atoms with Crippen LogP contribution in [0.15, 0.2) is 36.4 Å². The predicted octanol–water partition coefficient (Wildman–Crippen LogP) is 2.62. The van der Waals surface area contributed by atoms with Crippen molar-refractivity contribution in [1.82, 2.24) is 0 Å². The van der Waals surface area contributed by atoms with Crippen LogP contribution >= 0.6 is 0 Å². The molecule has 0 atom stereocenters. The van der Waals surface area contributed by atoms with E-state index in [4.69, 9.17) is 9.47 Å². The van der Waals surface area contributed by atoms with E-state index < -0.39 is 10.8 Å². The van der Waals surface area contributed by atoms with Crippen LogP contribution in [0.5, 0.6) is 11.5 Å². The van der Waals surface area contributed by atoms with E-state index in [0.29, 0.717) is 22.9 Å². The zero-order valence-electron chi connectivity index (χ0n) is 15.6. The average Bonchev–Trinajstić information content (AvgIpc) is 2.66. The first-order chi connectivity index (χ1) is 13.3. The molecule has 0 aromatic heterocycles. The van der Waals surface area contributed by atoms with E-state index in [1.807, 2.05) is 0 Å². The second-order valence-corrected chi connectivity index (χ2v) is 5.64. The molecule has 0 saturated heterocycles. The fourth-order valence-electron chi connectivity index (χ4n) is 2.39. The number of hydrogen-bond acceptors (Lipinski definition) is 7. The van der Waals surface area contributed by atoms with E-state index in [0.717, 1.165) is 0 Å². The molecule has 10 heteroatoms. The van der Waals surface area contributed by atoms with Crippen LogP contribution in [0.4, 0.5) is 22.7 Å². The number of hydrogen-bond donors (Lipinski definition) is 3. The smallest absolute Gasteiger partial charge is 0.296 e. The molecule has 148 valence electrons. The molecular formula is C18H20N4O6. The molecule has 0 aliphatic carbocycles. The molecule has 0 aliphatic heterocycles. The monoisotopic (exact) mass is 388 g/mol. The normalized spacial score (nSPS) is 9.96. The van der Waals surface area contributed by atoms with Crippen molar-refractivity contribution in [3.05, 3.63) is 46.5 Å². The van der Waals surface area contributed by atoms with Gasteiger partial charge in [-0.05, 0) is 30.3 Å². The fraction of sp³-hybridized carbons (Fsp3) is 0.222. The Hall–Kier alpha value is -3.82. The number of nitrogens with one attached hydrogen (secondary N) is 3. The molecule has 0 saturated carbocycles. The number of benzene rings is 2. The number of carbonyl (C=O) groups is 2. The van der Waals surface area contributed by atoms with Crippen molar-refractivity contribution < 1.29 is 24.0 Å². The summed E-state index contributed by atoms with van der Waals surface area (Å²) in [6.07, 6.45) is 0. The lowest BCUT2D eigenvalue weighted by molar-refractivity contribution is -0.384. The standard InChI is InChI=1S/C18H20N4O6/c1-11(23)20-12-4-7-17(28-3)15(8-12)19-10-18(24)21-14-6-5-13(27-2)9-16(14)22(25)26/h4-9,19H,10H2,1-3H3,(H,20,23)(H,21,24). The maximum atomic E-state index is 12.2. The summed E-state index contributed by atoms with van der Waals surface area (Å²) in [6, 6.07) is 9.04. The lowest BCUT2D eigenvalue weighted by Crippen LogP contribution is -2.22. The van der Waals surface area contributed by atoms with Gasteiger partial charge in [0.2, 0.25) is 11.8 Å². The first kappa shape index (κ1) is 20.5. The summed E-state index contributed by atoms with van der Waals surface area (Å²) in [7, 11) is 2.86. The van der Waals surface area contributed by atoms with E-state index in [1.165, 1.54) is 39.3 Å². The van der Waals surface area contributed by atoms with Gasteiger partial charge < -0.3 is 25.4 Å². The van der Waals surface area contributed by atoms with Crippen LogP contribution in [0.1, 0.15) is 6.92 Å². The molecule has 2 amide bonds. The van der Waals surface area contributed by atoms with Gasteiger partial charge in [-0.2, -0.15) is 0 Å². The Morgan fingerprint density at radius 1 is 1.04 bits per heavy atom. The summed E-state index contributed by atoms with van der Waals surface area (Å²) in [6.45, 7) is 1.20. The number of nitro groups is 1. The summed E-state index contributed by atoms with van der Waals surface area (Å²) in [4.78, 5) is 34.0. The van der Waals surface area contributed by atoms with Gasteiger partial charge in [-0.3, -0.25) is 19.7 Å². The third-order valence-corrected chi connectivity index (χ3v) is 3.63. The minimum absolute atomic E-state index is 0.0524. The van der Waals surface area contributed by atoms with Crippen molar-refractivity contribution in [2.24, 2.45) is 0 Å². The van der Waals surface area contributed by atoms with Gasteiger partial charge in [-0.15, -0.1) is 0 Å². The van der Waals surface area contributed by atoms with Crippen molar-refractivity contribution >= 4 is 34.6 Å². The molecule has 2 aromatic rings. The van der Waals surface area contributed by atoms with Crippen LogP contribution in [-0.4, -0.2) is 37.5 Å². The second kappa shape index (κ2) is 9.21. The maximum absolute atomic E-state index is 12.2. The van der Waals surface area contributed by atoms with E-state index in [9.17, 15) is 19.7 Å². The Labute approximate surface area is 161 Å². The highest BCUT2D eigenvalue weighted by Gasteiger charge is 2.17. The van der Waals surface area contributed by atoms with Gasteiger partial charge >= 0.3 is 0 Å². The summed E-state index contributed by atoms with van der Waals surface area (Å²) in [5.41, 5.74) is 0.782. The van der Waals surface area contributed by atoms with Crippen molar-refractivity contribution in [2.75, 3.05) is 36.7 Å². The van der Waals surface area contributed by atoms with Crippen LogP contribution in [0.3, 0.4) is 0 Å². The van der Waals surface area contributed by atoms with Crippen LogP contribution in [0, 0.1) is 10.1 Å². The molecule has 3 N–H and O–H groups in total. The van der Waals surface area contributed by atoms with E-state index in [1.54, 1.807) is 18.2 Å². The number of amides is 2. The minimum Gasteiger partial charge on any atom is -0.496 e. The van der Waals surface area contributed by atoms with Crippen LogP contribution in [-0.2, 0) is 9.59 Å². The zero-order valence-corrected chi connectivity index (χ0v) is 15.6. The fourth-order valence-corrected chi connectivity index (χ4v) is 2.39. The molecule has 0 heterocycles. The molecule has 2 rings (SSSR count). The molecule has 0 spiro atoms. The van der Waals surface area contributed by atoms with Crippen molar-refractivity contribution in [3.8, 4) is 11.5 Å². The van der Waals surface area contributed by atoms with E-state index >= 15 is 0 Å². The third-order valence-electron chi connectivity index (χ3n) is 3.63. The molecular weight excluding hydrogens is 368 g/mol. The van der Waals surface area contributed by atoms with Gasteiger partial charge in [0.05, 0.1) is 37.4 Å². The predicted molar refractivity (Wildman–Crippen MR) is 104 cm³/mol. The van der Waals surface area contributed by atoms with E-state index in [2.05, 4.69) is 16.0 Å². The summed E-state index contributed by atoms with van der Waals surface area (Å²) in [5, 5.41) is 19.2. The van der Waals surface area contributed by atoms with Crippen molar-refractivity contribution in [3.63, 3.8) is 0 Å². The van der Waals surface area contributed by atoms with Gasteiger partial charge in [0.15, 0.2) is 0 Å². The van der Waals surface area contributed by atoms with Gasteiger partial charge in [0.25, 0.3) is 5.69 Å². The molecule has 0 radical (unpaired) electrons. The highest BCUT2D eigenvalue weighted by Crippen LogP contribution is 2.30. The highest BCUT2D eigenvalue weighted by atomic mass is 16.6. The quantitative estimate of drug-likeness (QED) is 0.468. The average molecular weight is 388 g/mol. The topological polar surface area (TPSA) is 132 Å². The number of rotatable bonds is 8. The number of carbonyl (C=O) groups excluding carboxylic acids is 2. The van der Waals surface area contributed by atoms with Gasteiger partial charge in [-0.25, -0.2) is 0 Å². The molecule has 10 nitrogen and oxygen atoms in total. The number of nitrogens with zero attached hydrogens (tertiary/aromatic N) is 1. The SMILES string of the molecule is COc1ccc(NC(=O)CNc2cc(NC(C)=O)ccc2OC)c([N+](=O)[O-])c1. The molecule has 0 bridgehead atoms. The zero-order chi connectivity index (χ0) is 20.7. The van der Waals surface area contributed by atoms with Crippen LogP contribution in [0.25, 0.3) is 0 Å². The molecule has 0 fully saturated rings. The lowest BCUT2D eigenvalue weighted by atomic mass is 10.2. The maximum Gasteiger partial charge on any atom is 0.296 e. The number of anilines is 3. The lowest BCUT2D eigenvalue weighted by Gasteiger charge is -2.13. The Balaban J connectivity index is 2.10. The van der Waals surface area contributed by atoms with Crippen LogP contribution in [0.2, 0.25) is 0 Å². The van der Waals surface area contributed by atoms with E-state index in [-0.39, 0.29) is 23.8 Å². The Kier molecular flexibility index (Phi) is 6.74.